The molecule has 3 amide bonds. The number of nitrogens with one attached hydrogen (secondary N) is 2. The lowest BCUT2D eigenvalue weighted by Crippen LogP contribution is -2.29. The molecule has 1 aliphatic heterocycles. The predicted molar refractivity (Wildman–Crippen MR) is 115 cm³/mol. The quantitative estimate of drug-likeness (QED) is 0.694. The van der Waals surface area contributed by atoms with Gasteiger partial charge in [-0.2, -0.15) is 0 Å². The van der Waals surface area contributed by atoms with E-state index in [0.29, 0.717) is 18.7 Å². The molecule has 3 aromatic rings. The molecule has 1 heterocycles. The minimum absolute atomic E-state index is 0.0211. The molecule has 2 N–H and O–H groups in total. The first-order valence-corrected chi connectivity index (χ1v) is 9.70. The smallest absolute Gasteiger partial charge is 0.319 e. The van der Waals surface area contributed by atoms with Gasteiger partial charge in [-0.3, -0.25) is 4.79 Å². The molecule has 0 bridgehead atoms. The minimum Gasteiger partial charge on any atom is -0.334 e. The van der Waals surface area contributed by atoms with E-state index in [-0.39, 0.29) is 11.9 Å². The number of aryl methyl sites for hydroxylation is 1. The van der Waals surface area contributed by atoms with Crippen LogP contribution in [0.5, 0.6) is 0 Å². The number of amides is 3. The van der Waals surface area contributed by atoms with Gasteiger partial charge in [-0.1, -0.05) is 42.5 Å². The Bertz CT molecular complexity index is 1050. The number of nitrogens with zero attached hydrogens (tertiary/aromatic N) is 1. The van der Waals surface area contributed by atoms with Crippen molar-refractivity contribution < 1.29 is 9.59 Å². The number of hydrogen-bond acceptors (Lipinski definition) is 2. The van der Waals surface area contributed by atoms with Crippen molar-refractivity contribution >= 4 is 23.3 Å². The van der Waals surface area contributed by atoms with E-state index >= 15 is 0 Å². The van der Waals surface area contributed by atoms with E-state index in [1.807, 2.05) is 78.6 Å². The van der Waals surface area contributed by atoms with Crippen LogP contribution in [0.2, 0.25) is 0 Å². The number of urea groups is 1. The third-order valence-corrected chi connectivity index (χ3v) is 5.03. The summed E-state index contributed by atoms with van der Waals surface area (Å²) in [5, 5.41) is 5.73. The van der Waals surface area contributed by atoms with Gasteiger partial charge in [0.05, 0.1) is 0 Å². The van der Waals surface area contributed by atoms with Crippen molar-refractivity contribution in [2.24, 2.45) is 0 Å². The maximum atomic E-state index is 12.8. The van der Waals surface area contributed by atoms with Crippen LogP contribution in [-0.4, -0.2) is 18.5 Å². The zero-order valence-corrected chi connectivity index (χ0v) is 16.3. The Hall–Kier alpha value is -3.60. The molecule has 0 spiro atoms. The molecule has 3 aromatic carbocycles. The highest BCUT2D eigenvalue weighted by molar-refractivity contribution is 6.07. The average molecular weight is 385 g/mol. The van der Waals surface area contributed by atoms with Gasteiger partial charge in [-0.05, 0) is 60.4 Å². The molecule has 0 aromatic heterocycles. The monoisotopic (exact) mass is 385 g/mol. The van der Waals surface area contributed by atoms with Gasteiger partial charge < -0.3 is 15.5 Å². The number of anilines is 2. The molecule has 0 atom stereocenters. The lowest BCUT2D eigenvalue weighted by Gasteiger charge is -2.17. The van der Waals surface area contributed by atoms with Crippen LogP contribution in [0.3, 0.4) is 0 Å². The molecule has 5 nitrogen and oxygen atoms in total. The van der Waals surface area contributed by atoms with Crippen LogP contribution in [0.25, 0.3) is 0 Å². The molecule has 0 radical (unpaired) electrons. The molecule has 0 aliphatic carbocycles. The maximum Gasteiger partial charge on any atom is 0.319 e. The lowest BCUT2D eigenvalue weighted by atomic mass is 10.1. The summed E-state index contributed by atoms with van der Waals surface area (Å²) in [6, 6.07) is 22.8. The van der Waals surface area contributed by atoms with Crippen molar-refractivity contribution in [1.29, 1.82) is 0 Å². The summed E-state index contributed by atoms with van der Waals surface area (Å²) in [7, 11) is 0. The van der Waals surface area contributed by atoms with Crippen LogP contribution < -0.4 is 15.5 Å². The molecule has 0 fully saturated rings. The highest BCUT2D eigenvalue weighted by Gasteiger charge is 2.25. The van der Waals surface area contributed by atoms with E-state index in [1.54, 1.807) is 0 Å². The first kappa shape index (κ1) is 18.7. The number of hydrogen-bond donors (Lipinski definition) is 2. The number of carbonyl (C=O) groups excluding carboxylic acids is 2. The minimum atomic E-state index is -0.239. The molecular weight excluding hydrogens is 362 g/mol. The van der Waals surface area contributed by atoms with Crippen LogP contribution in [0.1, 0.15) is 27.0 Å². The molecule has 0 saturated carbocycles. The van der Waals surface area contributed by atoms with Crippen molar-refractivity contribution in [3.63, 3.8) is 0 Å². The molecule has 4 rings (SSSR count). The second-order valence-corrected chi connectivity index (χ2v) is 7.21. The Morgan fingerprint density at radius 1 is 0.966 bits per heavy atom. The molecule has 0 saturated heterocycles. The molecule has 146 valence electrons. The predicted octanol–water partition coefficient (Wildman–Crippen LogP) is 4.52. The summed E-state index contributed by atoms with van der Waals surface area (Å²) in [6.07, 6.45) is 0.817. The molecule has 29 heavy (non-hydrogen) atoms. The normalized spacial score (nSPS) is 12.4. The van der Waals surface area contributed by atoms with Gasteiger partial charge in [0.15, 0.2) is 0 Å². The largest absolute Gasteiger partial charge is 0.334 e. The van der Waals surface area contributed by atoms with E-state index in [2.05, 4.69) is 16.7 Å². The second kappa shape index (κ2) is 8.19. The number of rotatable bonds is 4. The molecule has 1 aliphatic rings. The van der Waals surface area contributed by atoms with Gasteiger partial charge in [-0.25, -0.2) is 4.79 Å². The fourth-order valence-corrected chi connectivity index (χ4v) is 3.59. The molecule has 0 unspecified atom stereocenters. The van der Waals surface area contributed by atoms with Crippen LogP contribution in [0.15, 0.2) is 72.8 Å². The van der Waals surface area contributed by atoms with Crippen LogP contribution in [0.4, 0.5) is 16.2 Å². The van der Waals surface area contributed by atoms with Crippen molar-refractivity contribution in [1.82, 2.24) is 5.32 Å². The maximum absolute atomic E-state index is 12.8. The summed E-state index contributed by atoms with van der Waals surface area (Å²) in [4.78, 5) is 26.7. The number of benzene rings is 3. The fraction of sp³-hybridized carbons (Fsp3) is 0.167. The number of carbonyl (C=O) groups is 2. The Morgan fingerprint density at radius 3 is 2.59 bits per heavy atom. The summed E-state index contributed by atoms with van der Waals surface area (Å²) in [5.41, 5.74) is 5.65. The first-order chi connectivity index (χ1) is 14.1. The van der Waals surface area contributed by atoms with Crippen molar-refractivity contribution in [3.05, 3.63) is 95.1 Å². The van der Waals surface area contributed by atoms with E-state index in [4.69, 9.17) is 0 Å². The van der Waals surface area contributed by atoms with Crippen molar-refractivity contribution in [2.75, 3.05) is 16.8 Å². The zero-order valence-electron chi connectivity index (χ0n) is 16.3. The third kappa shape index (κ3) is 4.29. The van der Waals surface area contributed by atoms with Crippen LogP contribution in [-0.2, 0) is 13.0 Å². The average Bonchev–Trinajstić information content (AvgIpc) is 3.15. The summed E-state index contributed by atoms with van der Waals surface area (Å²) < 4.78 is 0. The van der Waals surface area contributed by atoms with Gasteiger partial charge in [0.25, 0.3) is 5.91 Å². The second-order valence-electron chi connectivity index (χ2n) is 7.21. The highest BCUT2D eigenvalue weighted by atomic mass is 16.2. The van der Waals surface area contributed by atoms with Crippen molar-refractivity contribution in [3.8, 4) is 0 Å². The topological polar surface area (TPSA) is 61.4 Å². The molecular formula is C24H23N3O2. The Morgan fingerprint density at radius 2 is 1.79 bits per heavy atom. The zero-order chi connectivity index (χ0) is 20.2. The van der Waals surface area contributed by atoms with Gasteiger partial charge in [0.2, 0.25) is 0 Å². The Labute approximate surface area is 170 Å². The van der Waals surface area contributed by atoms with Gasteiger partial charge in [0.1, 0.15) is 0 Å². The first-order valence-electron chi connectivity index (χ1n) is 9.70. The van der Waals surface area contributed by atoms with Crippen LogP contribution >= 0.6 is 0 Å². The van der Waals surface area contributed by atoms with E-state index in [1.165, 1.54) is 0 Å². The van der Waals surface area contributed by atoms with E-state index in [9.17, 15) is 9.59 Å². The third-order valence-electron chi connectivity index (χ3n) is 5.03. The summed E-state index contributed by atoms with van der Waals surface area (Å²) >= 11 is 0. The van der Waals surface area contributed by atoms with Gasteiger partial charge in [0, 0.05) is 30.0 Å². The number of fused-ring (bicyclic) bond motifs is 1. The lowest BCUT2D eigenvalue weighted by molar-refractivity contribution is 0.0989. The standard InChI is InChI=1S/C24H23N3O2/c1-17-6-5-9-21(14-17)26-24(29)25-16-18-10-11-22-20(15-18)12-13-27(22)23(28)19-7-3-2-4-8-19/h2-11,14-15H,12-13,16H2,1H3,(H2,25,26,29). The van der Waals surface area contributed by atoms with Gasteiger partial charge >= 0.3 is 6.03 Å². The van der Waals surface area contributed by atoms with E-state index in [0.717, 1.165) is 34.5 Å². The van der Waals surface area contributed by atoms with Gasteiger partial charge in [-0.15, -0.1) is 0 Å². The Kier molecular flexibility index (Phi) is 5.29. The summed E-state index contributed by atoms with van der Waals surface area (Å²) in [6.45, 7) is 3.09. The fourth-order valence-electron chi connectivity index (χ4n) is 3.59. The SMILES string of the molecule is Cc1cccc(NC(=O)NCc2ccc3c(c2)CCN3C(=O)c2ccccc2)c1. The Balaban J connectivity index is 1.39. The highest BCUT2D eigenvalue weighted by Crippen LogP contribution is 2.30. The van der Waals surface area contributed by atoms with Crippen LogP contribution in [0, 0.1) is 6.92 Å². The van der Waals surface area contributed by atoms with Crippen molar-refractivity contribution in [2.45, 2.75) is 19.9 Å². The van der Waals surface area contributed by atoms with E-state index < -0.39 is 0 Å². The molecule has 5 heteroatoms. The summed E-state index contributed by atoms with van der Waals surface area (Å²) in [5.74, 6) is 0.0211.